The molecule has 0 spiro atoms. The molecule has 0 radical (unpaired) electrons. The van der Waals surface area contributed by atoms with Gasteiger partial charge in [-0.3, -0.25) is 97.1 Å². The highest BCUT2D eigenvalue weighted by Crippen LogP contribution is 2.26. The average Bonchev–Trinajstić information content (AvgIpc) is 1.22. The summed E-state index contributed by atoms with van der Waals surface area (Å²) in [6.45, 7) is 8.94. The number of guanidine groups is 2. The molecule has 2 aliphatic rings. The van der Waals surface area contributed by atoms with E-state index >= 15 is 24.0 Å². The lowest BCUT2D eigenvalue weighted by atomic mass is 10.0. The van der Waals surface area contributed by atoms with E-state index in [0.717, 1.165) is 34.1 Å². The number of aliphatic hydroxyl groups is 3. The van der Waals surface area contributed by atoms with Crippen LogP contribution in [0.15, 0.2) is 91.4 Å². The first-order chi connectivity index (χ1) is 65.4. The van der Waals surface area contributed by atoms with Gasteiger partial charge in [0.1, 0.15) is 96.4 Å². The van der Waals surface area contributed by atoms with Gasteiger partial charge < -0.3 is 144 Å². The molecule has 6 rings (SSSR count). The van der Waals surface area contributed by atoms with Gasteiger partial charge in [0, 0.05) is 74.3 Å². The van der Waals surface area contributed by atoms with Crippen LogP contribution in [-0.4, -0.2) is 301 Å². The molecule has 2 aliphatic heterocycles. The van der Waals surface area contributed by atoms with E-state index in [2.05, 4.69) is 100 Å². The lowest BCUT2D eigenvalue weighted by Crippen LogP contribution is -2.62. The Morgan fingerprint density at radius 3 is 1.72 bits per heavy atom. The Bertz CT molecular complexity index is 4870. The largest absolute Gasteiger partial charge is 0.508 e. The second kappa shape index (κ2) is 56.7. The molecule has 0 bridgehead atoms. The number of aromatic hydroxyl groups is 1. The van der Waals surface area contributed by atoms with Crippen molar-refractivity contribution in [2.24, 2.45) is 40.7 Å². The van der Waals surface area contributed by atoms with E-state index in [9.17, 15) is 82.8 Å². The summed E-state index contributed by atoms with van der Waals surface area (Å²) in [5.74, 6) is -23.3. The fraction of sp³-hybridized carbons (Fsp3) is 0.534. The summed E-state index contributed by atoms with van der Waals surface area (Å²) in [7, 11) is 1.48. The number of hydrogen-bond acceptors (Lipinski definition) is 27. The number of rotatable bonds is 39. The third-order valence-electron chi connectivity index (χ3n) is 22.0. The molecular weight excluding hydrogens is 1840 g/mol. The van der Waals surface area contributed by atoms with Gasteiger partial charge in [-0.15, -0.1) is 0 Å². The molecular formula is C88H130N26O22S2. The van der Waals surface area contributed by atoms with E-state index in [1.54, 1.807) is 63.2 Å². The van der Waals surface area contributed by atoms with Crippen molar-refractivity contribution >= 4 is 140 Å². The number of aromatic nitrogens is 2. The van der Waals surface area contributed by atoms with E-state index in [0.29, 0.717) is 16.8 Å². The summed E-state index contributed by atoms with van der Waals surface area (Å²) in [4.78, 5) is 269. The van der Waals surface area contributed by atoms with E-state index in [1.807, 2.05) is 0 Å². The second-order valence-corrected chi connectivity index (χ2v) is 37.0. The monoisotopic (exact) mass is 1970 g/mol. The Hall–Kier alpha value is -13.8. The molecule has 50 heteroatoms. The Morgan fingerprint density at radius 2 is 1.14 bits per heavy atom. The van der Waals surface area contributed by atoms with E-state index in [-0.39, 0.29) is 88.7 Å². The van der Waals surface area contributed by atoms with Crippen LogP contribution in [-0.2, 0) is 101 Å². The maximum atomic E-state index is 15.5. The van der Waals surface area contributed by atoms with Crippen LogP contribution in [0.5, 0.6) is 5.75 Å². The van der Waals surface area contributed by atoms with Crippen molar-refractivity contribution in [2.45, 2.75) is 229 Å². The highest BCUT2D eigenvalue weighted by molar-refractivity contribution is 8.76. The number of primary amides is 2. The number of nitrogens with zero attached hydrogens (tertiary/aromatic N) is 2. The summed E-state index contributed by atoms with van der Waals surface area (Å²) in [6.07, 6.45) is -1.26. The summed E-state index contributed by atoms with van der Waals surface area (Å²) >= 11 is 0. The number of amides is 18. The zero-order valence-electron chi connectivity index (χ0n) is 77.9. The van der Waals surface area contributed by atoms with Crippen molar-refractivity contribution in [2.75, 3.05) is 50.9 Å². The standard InChI is InChI=1S/C88H130N26O22S2/c1-44(2)33-57-75(125)107-61(39-115)79(129)105-59(35-50-22-26-53(118)27-23-50)76(126)101-54(17-12-30-96-87(91)92)73(123)98-38-67(120)100-56(18-13-31-97-88(93)94)86(136)114-32-14-19-65(114)83(133)112-69(46(5)6)85(135)110-64(82(132)106-58(34-49-15-10-9-11-16-49)77(127)108-62(40-116)80(130)113-70(48(8)117)71(90)121)42-138-137-41-63(81(131)104-57)109-84(134)68(45(3)4)111-74(124)55(28-29-66(89)119)102-78(128)60(36-52-37-95-43-99-52)103-72(122)51-24-20-47(7)21-25-51/h9-11,15-16,20-27,37,43-46,48,54-65,68-70,115-118H,12-14,17-19,28-36,38-42H2,1-8H3,(H2,89,119)(H2,90,121)(H,95,99)(H,98,123)(H,100,120)(H,101,126)(H,102,128)(H,103,122)(H,104,131)(H,105,129)(H,106,132)(H,107,125)(H,108,127)(H,109,134)(H,110,135)(H,111,124)(H,112,133)(H,113,130)(H4,91,92,96)(H4,93,94,97)/t48-,54+,55+,56+,57+,58+,59+,60+,61+,62+,63+,64+,65+,68+,69+,70+/m1/s1. The van der Waals surface area contributed by atoms with Crippen molar-refractivity contribution in [3.8, 4) is 5.75 Å². The average molecular weight is 1970 g/mol. The lowest BCUT2D eigenvalue weighted by Gasteiger charge is -2.31. The van der Waals surface area contributed by atoms with Gasteiger partial charge in [0.2, 0.25) is 100 Å². The Labute approximate surface area is 804 Å². The first kappa shape index (κ1) is 113. The van der Waals surface area contributed by atoms with Crippen molar-refractivity contribution in [3.05, 3.63) is 119 Å². The van der Waals surface area contributed by atoms with Crippen LogP contribution in [0.1, 0.15) is 139 Å². The molecule has 2 fully saturated rings. The van der Waals surface area contributed by atoms with Gasteiger partial charge in [-0.25, -0.2) is 4.98 Å². The number of hydrogen-bond donors (Lipinski definition) is 28. The summed E-state index contributed by atoms with van der Waals surface area (Å²) in [6, 6.07) is -5.51. The molecule has 48 nitrogen and oxygen atoms in total. The predicted octanol–water partition coefficient (Wildman–Crippen LogP) is -6.94. The maximum absolute atomic E-state index is 15.5. The Morgan fingerprint density at radius 1 is 0.572 bits per heavy atom. The van der Waals surface area contributed by atoms with Crippen molar-refractivity contribution < 1.29 is 107 Å². The number of H-pyrrole nitrogens is 1. The number of carbonyl (C=O) groups is 18. The molecule has 1 aromatic heterocycles. The summed E-state index contributed by atoms with van der Waals surface area (Å²) in [5.41, 5.74) is 24.2. The van der Waals surface area contributed by atoms with Gasteiger partial charge >= 0.3 is 0 Å². The molecule has 32 N–H and O–H groups in total. The number of aryl methyl sites for hydroxylation is 1. The van der Waals surface area contributed by atoms with Gasteiger partial charge in [0.05, 0.1) is 32.2 Å². The number of aliphatic hydroxyl groups excluding tert-OH is 3. The number of nitrogens with two attached hydrogens (primary N) is 4. The molecule has 756 valence electrons. The first-order valence-corrected chi connectivity index (χ1v) is 47.4. The second-order valence-electron chi connectivity index (χ2n) is 34.4. The highest BCUT2D eigenvalue weighted by atomic mass is 33.1. The maximum Gasteiger partial charge on any atom is 0.251 e. The van der Waals surface area contributed by atoms with Crippen molar-refractivity contribution in [1.82, 2.24) is 105 Å². The Kier molecular flexibility index (Phi) is 46.4. The molecule has 2 saturated heterocycles. The third-order valence-corrected chi connectivity index (χ3v) is 24.4. The van der Waals surface area contributed by atoms with Crippen LogP contribution in [0, 0.1) is 35.5 Å². The van der Waals surface area contributed by atoms with Crippen LogP contribution in [0.4, 0.5) is 0 Å². The van der Waals surface area contributed by atoms with E-state index in [1.165, 1.54) is 81.5 Å². The fourth-order valence-electron chi connectivity index (χ4n) is 14.5. The quantitative estimate of drug-likeness (QED) is 0.00854. The molecule has 0 saturated carbocycles. The number of aromatic amines is 1. The molecule has 138 heavy (non-hydrogen) atoms. The van der Waals surface area contributed by atoms with Gasteiger partial charge in [0.15, 0.2) is 11.9 Å². The minimum Gasteiger partial charge on any atom is -0.508 e. The number of carbonyl (C=O) groups excluding carboxylic acids is 18. The predicted molar refractivity (Wildman–Crippen MR) is 505 cm³/mol. The molecule has 16 atom stereocenters. The topological polar surface area (TPSA) is 776 Å². The zero-order valence-corrected chi connectivity index (χ0v) is 79.6. The molecule has 3 heterocycles. The number of nitrogens with one attached hydrogen (secondary N) is 20. The van der Waals surface area contributed by atoms with Crippen LogP contribution in [0.3, 0.4) is 0 Å². The zero-order chi connectivity index (χ0) is 102. The van der Waals surface area contributed by atoms with Crippen LogP contribution < -0.4 is 113 Å². The molecule has 4 aromatic rings. The number of imidazole rings is 1. The van der Waals surface area contributed by atoms with Crippen LogP contribution >= 0.6 is 21.6 Å². The fourth-order valence-corrected chi connectivity index (χ4v) is 16.8. The normalized spacial score (nSPS) is 20.8. The van der Waals surface area contributed by atoms with E-state index in [4.69, 9.17) is 33.8 Å². The van der Waals surface area contributed by atoms with E-state index < -0.39 is 283 Å². The number of fused-ring (bicyclic) bond motifs is 1. The molecule has 18 amide bonds. The highest BCUT2D eigenvalue weighted by Gasteiger charge is 2.43. The van der Waals surface area contributed by atoms with Gasteiger partial charge in [-0.2, -0.15) is 0 Å². The van der Waals surface area contributed by atoms with Crippen molar-refractivity contribution in [3.63, 3.8) is 0 Å². The minimum atomic E-state index is -1.97. The lowest BCUT2D eigenvalue weighted by molar-refractivity contribution is -0.142. The third kappa shape index (κ3) is 37.7. The SMILES string of the molecule is Cc1ccc(C(=O)N[C@@H](Cc2cnc[nH]2)C(=O)N[C@@H](CCC(N)=O)C(=O)N[C@H](C(=O)N[C@H]2CSSC[C@@H](C(=O)N[C@@H](Cc3ccccc3)C(=O)N[C@@H](CO)C(=O)N[C@H](C(N)=O)[C@@H](C)O)NC(=O)[C@H](C(C)C)NC(=O)[C@@H]3CCCN3C(=O)[C@H](CCCNC(=N)N)NC(=O)CNC(=O)[C@H](CCCNC(=N)N)NC(=O)[C@H](Cc3ccc(O)cc3)NC(=O)[C@H](CO)NC(=O)[C@H](CC(C)C)NC2=O)C(C)C)cc1. The summed E-state index contributed by atoms with van der Waals surface area (Å²) < 4.78 is 0. The number of benzene rings is 3. The molecule has 0 unspecified atom stereocenters. The van der Waals surface area contributed by atoms with Crippen molar-refractivity contribution in [1.29, 1.82) is 10.8 Å². The summed E-state index contributed by atoms with van der Waals surface area (Å²) in [5, 5.41) is 101. The van der Waals surface area contributed by atoms with Crippen LogP contribution in [0.2, 0.25) is 0 Å². The smallest absolute Gasteiger partial charge is 0.251 e. The Balaban J connectivity index is 1.50. The first-order valence-electron chi connectivity index (χ1n) is 44.9. The minimum absolute atomic E-state index is 0.000685. The molecule has 0 aliphatic carbocycles. The number of phenolic OH excluding ortho intramolecular Hbond substituents is 1. The van der Waals surface area contributed by atoms with Crippen LogP contribution in [0.25, 0.3) is 0 Å². The van der Waals surface area contributed by atoms with Gasteiger partial charge in [-0.1, -0.05) is 123 Å². The van der Waals surface area contributed by atoms with Gasteiger partial charge in [-0.05, 0) is 118 Å². The molecule has 3 aromatic carbocycles. The van der Waals surface area contributed by atoms with Gasteiger partial charge in [0.25, 0.3) is 5.91 Å². The number of phenols is 1.